The van der Waals surface area contributed by atoms with E-state index in [0.717, 1.165) is 14.2 Å². The molecule has 0 N–H and O–H groups in total. The number of alkyl halides is 1. The van der Waals surface area contributed by atoms with Crippen LogP contribution in [0.4, 0.5) is 0 Å². The Hall–Kier alpha value is -0.420. The van der Waals surface area contributed by atoms with E-state index in [1.165, 1.54) is 0 Å². The molecular formula is C13H11BrCl2O2S. The van der Waals surface area contributed by atoms with Gasteiger partial charge >= 0.3 is 0 Å². The smallest absolute Gasteiger partial charge is 0.180 e. The fraction of sp³-hybridized carbons (Fsp3) is 0.231. The van der Waals surface area contributed by atoms with Gasteiger partial charge in [0.05, 0.1) is 15.9 Å². The molecule has 1 aromatic carbocycles. The van der Waals surface area contributed by atoms with E-state index in [9.17, 15) is 0 Å². The van der Waals surface area contributed by atoms with Gasteiger partial charge in [-0.3, -0.25) is 0 Å². The minimum atomic E-state index is 0.383. The lowest BCUT2D eigenvalue weighted by atomic mass is 10.2. The zero-order chi connectivity index (χ0) is 13.8. The van der Waals surface area contributed by atoms with Gasteiger partial charge in [-0.2, -0.15) is 0 Å². The first kappa shape index (κ1) is 15.0. The fourth-order valence-corrected chi connectivity index (χ4v) is 3.40. The zero-order valence-corrected chi connectivity index (χ0v) is 14.0. The molecule has 0 radical (unpaired) electrons. The molecule has 2 rings (SSSR count). The van der Waals surface area contributed by atoms with E-state index in [4.69, 9.17) is 32.7 Å². The Morgan fingerprint density at radius 2 is 2.11 bits per heavy atom. The number of hydrogen-bond donors (Lipinski definition) is 0. The number of rotatable bonds is 5. The summed E-state index contributed by atoms with van der Waals surface area (Å²) in [5.74, 6) is 1.52. The summed E-state index contributed by atoms with van der Waals surface area (Å²) in [6.45, 7) is 0.451. The highest BCUT2D eigenvalue weighted by Crippen LogP contribution is 2.37. The highest BCUT2D eigenvalue weighted by molar-refractivity contribution is 9.11. The molecule has 0 amide bonds. The van der Waals surface area contributed by atoms with Crippen molar-refractivity contribution in [3.63, 3.8) is 0 Å². The van der Waals surface area contributed by atoms with Crippen LogP contribution in [-0.2, 0) is 12.5 Å². The molecule has 1 aromatic heterocycles. The Morgan fingerprint density at radius 3 is 2.68 bits per heavy atom. The SMILES string of the molecule is COc1cc(CCl)cc(Cl)c1OCc1ccc(Br)s1. The van der Waals surface area contributed by atoms with Gasteiger partial charge in [-0.25, -0.2) is 0 Å². The number of halogens is 3. The predicted molar refractivity (Wildman–Crippen MR) is 83.9 cm³/mol. The molecule has 0 aliphatic rings. The molecule has 0 fully saturated rings. The minimum Gasteiger partial charge on any atom is -0.493 e. The second-order valence-corrected chi connectivity index (χ2v) is 6.96. The zero-order valence-electron chi connectivity index (χ0n) is 10.1. The number of ether oxygens (including phenoxy) is 2. The third kappa shape index (κ3) is 3.78. The number of benzene rings is 1. The van der Waals surface area contributed by atoms with E-state index in [2.05, 4.69) is 15.9 Å². The fourth-order valence-electron chi connectivity index (χ4n) is 1.56. The maximum absolute atomic E-state index is 6.19. The first-order valence-corrected chi connectivity index (χ1v) is 7.95. The van der Waals surface area contributed by atoms with Crippen LogP contribution in [0.25, 0.3) is 0 Å². The lowest BCUT2D eigenvalue weighted by molar-refractivity contribution is 0.287. The summed E-state index contributed by atoms with van der Waals surface area (Å²) in [6, 6.07) is 7.61. The monoisotopic (exact) mass is 380 g/mol. The van der Waals surface area contributed by atoms with Gasteiger partial charge in [0.15, 0.2) is 11.5 Å². The van der Waals surface area contributed by atoms with Crippen LogP contribution in [0.5, 0.6) is 11.5 Å². The van der Waals surface area contributed by atoms with Gasteiger partial charge < -0.3 is 9.47 Å². The highest BCUT2D eigenvalue weighted by Gasteiger charge is 2.12. The van der Waals surface area contributed by atoms with Crippen LogP contribution in [0.15, 0.2) is 28.1 Å². The van der Waals surface area contributed by atoms with E-state index < -0.39 is 0 Å². The standard InChI is InChI=1S/C13H11BrCl2O2S/c1-17-11-5-8(6-15)4-10(16)13(11)18-7-9-2-3-12(14)19-9/h2-5H,6-7H2,1H3. The maximum atomic E-state index is 6.19. The molecule has 0 aliphatic carbocycles. The summed E-state index contributed by atoms with van der Waals surface area (Å²) in [5, 5.41) is 0.505. The molecule has 0 atom stereocenters. The third-order valence-corrected chi connectivity index (χ3v) is 4.62. The Labute approximate surface area is 134 Å². The Kier molecular flexibility index (Phi) is 5.39. The lowest BCUT2D eigenvalue weighted by Gasteiger charge is -2.13. The van der Waals surface area contributed by atoms with Crippen molar-refractivity contribution in [1.29, 1.82) is 0 Å². The van der Waals surface area contributed by atoms with Gasteiger partial charge in [0.25, 0.3) is 0 Å². The van der Waals surface area contributed by atoms with Crippen molar-refractivity contribution in [3.8, 4) is 11.5 Å². The van der Waals surface area contributed by atoms with Gasteiger partial charge in [0.1, 0.15) is 6.61 Å². The van der Waals surface area contributed by atoms with Crippen molar-refractivity contribution < 1.29 is 9.47 Å². The highest BCUT2D eigenvalue weighted by atomic mass is 79.9. The van der Waals surface area contributed by atoms with E-state index in [0.29, 0.717) is 29.0 Å². The van der Waals surface area contributed by atoms with Crippen molar-refractivity contribution in [2.45, 2.75) is 12.5 Å². The van der Waals surface area contributed by atoms with Crippen molar-refractivity contribution in [1.82, 2.24) is 0 Å². The summed E-state index contributed by atoms with van der Waals surface area (Å²) in [7, 11) is 1.58. The third-order valence-electron chi connectivity index (χ3n) is 2.43. The van der Waals surface area contributed by atoms with Gasteiger partial charge in [0, 0.05) is 10.8 Å². The summed E-state index contributed by atoms with van der Waals surface area (Å²) in [4.78, 5) is 1.10. The largest absolute Gasteiger partial charge is 0.493 e. The molecule has 0 spiro atoms. The van der Waals surface area contributed by atoms with E-state index in [1.807, 2.05) is 18.2 Å². The molecular weight excluding hydrogens is 371 g/mol. The maximum Gasteiger partial charge on any atom is 0.180 e. The molecule has 19 heavy (non-hydrogen) atoms. The summed E-state index contributed by atoms with van der Waals surface area (Å²) < 4.78 is 12.1. The van der Waals surface area contributed by atoms with Gasteiger partial charge in [-0.05, 0) is 45.8 Å². The first-order valence-electron chi connectivity index (χ1n) is 5.43. The normalized spacial score (nSPS) is 10.5. The van der Waals surface area contributed by atoms with Crippen LogP contribution in [-0.4, -0.2) is 7.11 Å². The Balaban J connectivity index is 2.19. The van der Waals surface area contributed by atoms with Crippen molar-refractivity contribution in [2.75, 3.05) is 7.11 Å². The molecule has 0 aliphatic heterocycles. The second-order valence-electron chi connectivity index (χ2n) is 3.74. The number of methoxy groups -OCH3 is 1. The van der Waals surface area contributed by atoms with Crippen LogP contribution in [0, 0.1) is 0 Å². The van der Waals surface area contributed by atoms with Gasteiger partial charge in [-0.1, -0.05) is 11.6 Å². The predicted octanol–water partition coefficient (Wildman–Crippen LogP) is 5.49. The Bertz CT molecular complexity index is 572. The summed E-state index contributed by atoms with van der Waals surface area (Å²) in [6.07, 6.45) is 0. The average molecular weight is 382 g/mol. The summed E-state index contributed by atoms with van der Waals surface area (Å²) in [5.41, 5.74) is 0.898. The van der Waals surface area contributed by atoms with Crippen LogP contribution in [0.2, 0.25) is 5.02 Å². The molecule has 0 saturated heterocycles. The molecule has 2 aromatic rings. The van der Waals surface area contributed by atoms with E-state index in [1.54, 1.807) is 24.5 Å². The van der Waals surface area contributed by atoms with Crippen LogP contribution < -0.4 is 9.47 Å². The molecule has 1 heterocycles. The molecule has 0 unspecified atom stereocenters. The molecule has 0 saturated carbocycles. The Morgan fingerprint density at radius 1 is 1.32 bits per heavy atom. The topological polar surface area (TPSA) is 18.5 Å². The second kappa shape index (κ2) is 6.84. The van der Waals surface area contributed by atoms with Gasteiger partial charge in [-0.15, -0.1) is 22.9 Å². The number of thiophene rings is 1. The summed E-state index contributed by atoms with van der Waals surface area (Å²) >= 11 is 17.0. The van der Waals surface area contributed by atoms with E-state index in [-0.39, 0.29) is 0 Å². The van der Waals surface area contributed by atoms with Crippen molar-refractivity contribution in [2.24, 2.45) is 0 Å². The molecule has 0 bridgehead atoms. The lowest BCUT2D eigenvalue weighted by Crippen LogP contribution is -1.97. The molecule has 2 nitrogen and oxygen atoms in total. The van der Waals surface area contributed by atoms with Crippen LogP contribution in [0.1, 0.15) is 10.4 Å². The van der Waals surface area contributed by atoms with Crippen molar-refractivity contribution >= 4 is 50.5 Å². The quantitative estimate of drug-likeness (QED) is 0.637. The first-order chi connectivity index (χ1) is 9.13. The molecule has 102 valence electrons. The van der Waals surface area contributed by atoms with Gasteiger partial charge in [0.2, 0.25) is 0 Å². The minimum absolute atomic E-state index is 0.383. The molecule has 6 heteroatoms. The van der Waals surface area contributed by atoms with Crippen LogP contribution in [0.3, 0.4) is 0 Å². The number of hydrogen-bond acceptors (Lipinski definition) is 3. The average Bonchev–Trinajstić information content (AvgIpc) is 2.82. The van der Waals surface area contributed by atoms with Crippen molar-refractivity contribution in [3.05, 3.63) is 43.5 Å². The van der Waals surface area contributed by atoms with Crippen LogP contribution >= 0.6 is 50.5 Å². The van der Waals surface area contributed by atoms with E-state index >= 15 is 0 Å².